The van der Waals surface area contributed by atoms with Crippen molar-refractivity contribution in [1.82, 2.24) is 5.32 Å². The lowest BCUT2D eigenvalue weighted by molar-refractivity contribution is -0.141. The number of carbonyl (C=O) groups is 2. The standard InChI is InChI=1S/C7H14N4O4S/c8-2-1-4(9)6(12)10-5(7(13)14)3-16-11-15/h4-5H,1-3,8-9H2,(H,10,12)(H,13,14)/t4-,5+/m0/s1. The lowest BCUT2D eigenvalue weighted by atomic mass is 10.2. The number of hydrogen-bond acceptors (Lipinski definition) is 7. The number of carboxylic acid groups (broad SMARTS) is 1. The summed E-state index contributed by atoms with van der Waals surface area (Å²) in [5.74, 6) is -1.99. The van der Waals surface area contributed by atoms with Gasteiger partial charge in [0.1, 0.15) is 6.04 Å². The van der Waals surface area contributed by atoms with E-state index in [-0.39, 0.29) is 18.7 Å². The minimum absolute atomic E-state index is 0.139. The molecule has 16 heavy (non-hydrogen) atoms. The van der Waals surface area contributed by atoms with Gasteiger partial charge in [-0.05, 0) is 13.0 Å². The number of rotatable bonds is 8. The van der Waals surface area contributed by atoms with Gasteiger partial charge in [0.2, 0.25) is 5.91 Å². The van der Waals surface area contributed by atoms with Crippen LogP contribution in [0.2, 0.25) is 0 Å². The van der Waals surface area contributed by atoms with Crippen LogP contribution in [0.15, 0.2) is 4.58 Å². The third-order valence-electron chi connectivity index (χ3n) is 1.72. The van der Waals surface area contributed by atoms with Crippen LogP contribution in [0.4, 0.5) is 0 Å². The summed E-state index contributed by atoms with van der Waals surface area (Å²) in [5.41, 5.74) is 10.6. The van der Waals surface area contributed by atoms with Crippen LogP contribution in [0.3, 0.4) is 0 Å². The number of nitroso groups, excluding NO2 is 1. The molecule has 0 saturated heterocycles. The molecule has 0 rings (SSSR count). The van der Waals surface area contributed by atoms with Gasteiger partial charge in [0.25, 0.3) is 0 Å². The van der Waals surface area contributed by atoms with Gasteiger partial charge in [-0.2, -0.15) is 0 Å². The van der Waals surface area contributed by atoms with Crippen LogP contribution < -0.4 is 16.8 Å². The fourth-order valence-electron chi connectivity index (χ4n) is 0.869. The number of nitrogens with two attached hydrogens (primary N) is 2. The zero-order valence-corrected chi connectivity index (χ0v) is 9.27. The Kier molecular flexibility index (Phi) is 7.42. The first kappa shape index (κ1) is 14.8. The molecule has 8 nitrogen and oxygen atoms in total. The molecule has 1 amide bonds. The van der Waals surface area contributed by atoms with Crippen molar-refractivity contribution in [2.45, 2.75) is 18.5 Å². The van der Waals surface area contributed by atoms with Crippen molar-refractivity contribution in [3.8, 4) is 0 Å². The third kappa shape index (κ3) is 5.63. The summed E-state index contributed by atoms with van der Waals surface area (Å²) in [6.45, 7) is 0.233. The molecule has 0 spiro atoms. The molecule has 0 aromatic rings. The number of amides is 1. The molecule has 9 heteroatoms. The molecule has 0 heterocycles. The molecule has 0 aromatic carbocycles. The van der Waals surface area contributed by atoms with Crippen molar-refractivity contribution in [3.63, 3.8) is 0 Å². The summed E-state index contributed by atoms with van der Waals surface area (Å²) < 4.78 is 2.45. The number of nitrogens with zero attached hydrogens (tertiary/aromatic N) is 1. The topological polar surface area (TPSA) is 148 Å². The van der Waals surface area contributed by atoms with E-state index in [0.29, 0.717) is 11.9 Å². The van der Waals surface area contributed by atoms with Gasteiger partial charge in [0, 0.05) is 22.3 Å². The van der Waals surface area contributed by atoms with Crippen LogP contribution in [-0.2, 0) is 9.59 Å². The van der Waals surface area contributed by atoms with E-state index >= 15 is 0 Å². The summed E-state index contributed by atoms with van der Waals surface area (Å²) in [4.78, 5) is 31.8. The van der Waals surface area contributed by atoms with Crippen LogP contribution in [0.5, 0.6) is 0 Å². The second-order valence-corrected chi connectivity index (χ2v) is 3.69. The summed E-state index contributed by atoms with van der Waals surface area (Å²) in [6, 6.07) is -2.03. The molecule has 92 valence electrons. The Balaban J connectivity index is 4.22. The Morgan fingerprint density at radius 1 is 1.50 bits per heavy atom. The van der Waals surface area contributed by atoms with E-state index in [2.05, 4.69) is 9.90 Å². The maximum atomic E-state index is 11.3. The highest BCUT2D eigenvalue weighted by atomic mass is 32.2. The molecule has 0 fully saturated rings. The Morgan fingerprint density at radius 3 is 2.56 bits per heavy atom. The molecule has 0 aliphatic carbocycles. The predicted molar refractivity (Wildman–Crippen MR) is 59.5 cm³/mol. The van der Waals surface area contributed by atoms with Crippen molar-refractivity contribution in [2.24, 2.45) is 16.0 Å². The fourth-order valence-corrected chi connectivity index (χ4v) is 1.30. The summed E-state index contributed by atoms with van der Waals surface area (Å²) in [7, 11) is 0. The quantitative estimate of drug-likeness (QED) is 0.307. The smallest absolute Gasteiger partial charge is 0.327 e. The van der Waals surface area contributed by atoms with E-state index in [0.717, 1.165) is 0 Å². The Hall–Kier alpha value is -1.19. The molecule has 0 bridgehead atoms. The molecule has 6 N–H and O–H groups in total. The first-order chi connectivity index (χ1) is 7.52. The van der Waals surface area contributed by atoms with Crippen LogP contribution >= 0.6 is 11.9 Å². The van der Waals surface area contributed by atoms with Gasteiger partial charge in [0.15, 0.2) is 0 Å². The Morgan fingerprint density at radius 2 is 2.12 bits per heavy atom. The van der Waals surface area contributed by atoms with Gasteiger partial charge in [-0.25, -0.2) is 4.79 Å². The van der Waals surface area contributed by atoms with E-state index < -0.39 is 24.0 Å². The second kappa shape index (κ2) is 8.02. The average molecular weight is 250 g/mol. The van der Waals surface area contributed by atoms with Crippen molar-refractivity contribution in [2.75, 3.05) is 12.3 Å². The number of hydrogen-bond donors (Lipinski definition) is 4. The highest BCUT2D eigenvalue weighted by Crippen LogP contribution is 2.04. The van der Waals surface area contributed by atoms with Crippen molar-refractivity contribution in [1.29, 1.82) is 0 Å². The number of aliphatic carboxylic acids is 1. The maximum absolute atomic E-state index is 11.3. The van der Waals surface area contributed by atoms with E-state index in [4.69, 9.17) is 16.6 Å². The lowest BCUT2D eigenvalue weighted by Crippen LogP contribution is -2.50. The van der Waals surface area contributed by atoms with E-state index in [9.17, 15) is 14.5 Å². The number of carboxylic acids is 1. The first-order valence-electron chi connectivity index (χ1n) is 4.46. The Bertz CT molecular complexity index is 263. The molecule has 0 aromatic heterocycles. The van der Waals surface area contributed by atoms with Gasteiger partial charge in [-0.15, -0.1) is 4.91 Å². The fraction of sp³-hybridized carbons (Fsp3) is 0.714. The summed E-state index contributed by atoms with van der Waals surface area (Å²) in [5, 5.41) is 10.9. The SMILES string of the molecule is NCC[C@H](N)C(=O)N[C@H](CSN=O)C(=O)O. The first-order valence-corrected chi connectivity index (χ1v) is 5.40. The van der Waals surface area contributed by atoms with E-state index in [1.165, 1.54) is 0 Å². The van der Waals surface area contributed by atoms with Gasteiger partial charge in [-0.1, -0.05) is 0 Å². The number of carbonyl (C=O) groups excluding carboxylic acids is 1. The van der Waals surface area contributed by atoms with Gasteiger partial charge < -0.3 is 21.9 Å². The largest absolute Gasteiger partial charge is 0.480 e. The normalized spacial score (nSPS) is 13.9. The zero-order valence-electron chi connectivity index (χ0n) is 8.46. The van der Waals surface area contributed by atoms with Crippen LogP contribution in [0, 0.1) is 4.91 Å². The van der Waals surface area contributed by atoms with Crippen molar-refractivity contribution < 1.29 is 14.7 Å². The van der Waals surface area contributed by atoms with Gasteiger partial charge in [0.05, 0.1) is 6.04 Å². The second-order valence-electron chi connectivity index (χ2n) is 2.95. The lowest BCUT2D eigenvalue weighted by Gasteiger charge is -2.15. The van der Waals surface area contributed by atoms with Crippen molar-refractivity contribution in [3.05, 3.63) is 4.91 Å². The van der Waals surface area contributed by atoms with Crippen molar-refractivity contribution >= 4 is 23.8 Å². The van der Waals surface area contributed by atoms with Gasteiger partial charge >= 0.3 is 5.97 Å². The average Bonchev–Trinajstić information content (AvgIpc) is 2.23. The molecule has 0 aliphatic heterocycles. The zero-order chi connectivity index (χ0) is 12.6. The molecule has 0 unspecified atom stereocenters. The third-order valence-corrected chi connectivity index (χ3v) is 2.31. The highest BCUT2D eigenvalue weighted by molar-refractivity contribution is 7.97. The summed E-state index contributed by atoms with van der Waals surface area (Å²) >= 11 is 0.520. The molecule has 0 aliphatic rings. The maximum Gasteiger partial charge on any atom is 0.327 e. The molecular formula is C7H14N4O4S. The monoisotopic (exact) mass is 250 g/mol. The Labute approximate surface area is 96.2 Å². The van der Waals surface area contributed by atoms with Crippen LogP contribution in [-0.4, -0.2) is 41.4 Å². The number of nitrogens with one attached hydrogen (secondary N) is 1. The molecule has 0 saturated carbocycles. The van der Waals surface area contributed by atoms with Gasteiger partial charge in [-0.3, -0.25) is 4.79 Å². The van der Waals surface area contributed by atoms with E-state index in [1.807, 2.05) is 0 Å². The van der Waals surface area contributed by atoms with E-state index in [1.54, 1.807) is 0 Å². The minimum atomic E-state index is -1.25. The minimum Gasteiger partial charge on any atom is -0.480 e. The predicted octanol–water partition coefficient (Wildman–Crippen LogP) is -1.35. The molecule has 2 atom stereocenters. The van der Waals surface area contributed by atoms with Crippen LogP contribution in [0.1, 0.15) is 6.42 Å². The van der Waals surface area contributed by atoms with Crippen LogP contribution in [0.25, 0.3) is 0 Å². The summed E-state index contributed by atoms with van der Waals surface area (Å²) in [6.07, 6.45) is 0.261. The molecule has 0 radical (unpaired) electrons. The highest BCUT2D eigenvalue weighted by Gasteiger charge is 2.23. The molecular weight excluding hydrogens is 236 g/mol.